The zero-order valence-corrected chi connectivity index (χ0v) is 11.4. The van der Waals surface area contributed by atoms with E-state index in [-0.39, 0.29) is 5.91 Å². The van der Waals surface area contributed by atoms with Crippen molar-refractivity contribution in [2.75, 3.05) is 5.32 Å². The first-order chi connectivity index (χ1) is 9.65. The average molecular weight is 287 g/mol. The van der Waals surface area contributed by atoms with Crippen molar-refractivity contribution in [2.24, 2.45) is 0 Å². The molecule has 0 aliphatic carbocycles. The lowest BCUT2D eigenvalue weighted by Gasteiger charge is -2.08. The molecule has 20 heavy (non-hydrogen) atoms. The Morgan fingerprint density at radius 2 is 2.15 bits per heavy atom. The molecule has 100 valence electrons. The third-order valence-electron chi connectivity index (χ3n) is 3.06. The Balaban J connectivity index is 1.99. The molecule has 0 unspecified atom stereocenters. The average Bonchev–Trinajstić information content (AvgIpc) is 2.85. The van der Waals surface area contributed by atoms with Crippen LogP contribution in [0, 0.1) is 6.92 Å². The monoisotopic (exact) mass is 286 g/mol. The normalized spacial score (nSPS) is 10.7. The number of amides is 1. The van der Waals surface area contributed by atoms with Gasteiger partial charge in [-0.2, -0.15) is 0 Å². The highest BCUT2D eigenvalue weighted by molar-refractivity contribution is 6.31. The standard InChI is InChI=1S/C15H11ClN2O2/c1-9-11(5-7-20-9)15(19)18-13-4-6-17-14-8-10(16)2-3-12(13)14/h2-8H,1H3,(H,17,18,19). The van der Waals surface area contributed by atoms with Crippen molar-refractivity contribution >= 4 is 34.1 Å². The Labute approximate surface area is 120 Å². The molecule has 4 nitrogen and oxygen atoms in total. The van der Waals surface area contributed by atoms with E-state index < -0.39 is 0 Å². The molecular weight excluding hydrogens is 276 g/mol. The maximum absolute atomic E-state index is 12.2. The van der Waals surface area contributed by atoms with Gasteiger partial charge in [-0.1, -0.05) is 11.6 Å². The number of aromatic nitrogens is 1. The van der Waals surface area contributed by atoms with E-state index in [0.29, 0.717) is 22.0 Å². The van der Waals surface area contributed by atoms with Gasteiger partial charge in [0.25, 0.3) is 5.91 Å². The number of aryl methyl sites for hydroxylation is 1. The van der Waals surface area contributed by atoms with Gasteiger partial charge in [0.2, 0.25) is 0 Å². The van der Waals surface area contributed by atoms with Crippen LogP contribution in [0.25, 0.3) is 10.9 Å². The van der Waals surface area contributed by atoms with E-state index in [0.717, 1.165) is 10.9 Å². The van der Waals surface area contributed by atoms with Crippen LogP contribution in [-0.4, -0.2) is 10.9 Å². The fourth-order valence-corrected chi connectivity index (χ4v) is 2.21. The molecule has 1 amide bonds. The molecule has 0 saturated carbocycles. The van der Waals surface area contributed by atoms with Crippen LogP contribution in [0.1, 0.15) is 16.1 Å². The summed E-state index contributed by atoms with van der Waals surface area (Å²) in [4.78, 5) is 16.4. The number of halogens is 1. The highest BCUT2D eigenvalue weighted by Crippen LogP contribution is 2.25. The van der Waals surface area contributed by atoms with Crippen molar-refractivity contribution in [1.29, 1.82) is 0 Å². The molecule has 0 saturated heterocycles. The summed E-state index contributed by atoms with van der Waals surface area (Å²) in [7, 11) is 0. The third-order valence-corrected chi connectivity index (χ3v) is 3.29. The molecule has 0 fully saturated rings. The minimum atomic E-state index is -0.210. The quantitative estimate of drug-likeness (QED) is 0.773. The molecule has 0 atom stereocenters. The summed E-state index contributed by atoms with van der Waals surface area (Å²) < 4.78 is 5.14. The zero-order valence-electron chi connectivity index (χ0n) is 10.7. The summed E-state index contributed by atoms with van der Waals surface area (Å²) in [6, 6.07) is 8.76. The maximum atomic E-state index is 12.2. The number of hydrogen-bond donors (Lipinski definition) is 1. The first kappa shape index (κ1) is 12.7. The Hall–Kier alpha value is -2.33. The van der Waals surface area contributed by atoms with Gasteiger partial charge in [0, 0.05) is 16.6 Å². The molecule has 0 spiro atoms. The van der Waals surface area contributed by atoms with Gasteiger partial charge in [-0.15, -0.1) is 0 Å². The van der Waals surface area contributed by atoms with E-state index in [2.05, 4.69) is 10.3 Å². The molecule has 2 heterocycles. The van der Waals surface area contributed by atoms with Crippen LogP contribution >= 0.6 is 11.6 Å². The lowest BCUT2D eigenvalue weighted by atomic mass is 10.1. The maximum Gasteiger partial charge on any atom is 0.259 e. The number of carbonyl (C=O) groups is 1. The van der Waals surface area contributed by atoms with Gasteiger partial charge >= 0.3 is 0 Å². The molecule has 5 heteroatoms. The van der Waals surface area contributed by atoms with Crippen LogP contribution in [0.15, 0.2) is 47.2 Å². The van der Waals surface area contributed by atoms with E-state index in [1.54, 1.807) is 37.4 Å². The number of pyridine rings is 1. The summed E-state index contributed by atoms with van der Waals surface area (Å²) in [6.45, 7) is 1.75. The smallest absolute Gasteiger partial charge is 0.259 e. The van der Waals surface area contributed by atoms with Crippen LogP contribution in [0.2, 0.25) is 5.02 Å². The Morgan fingerprint density at radius 3 is 2.90 bits per heavy atom. The second-order valence-corrected chi connectivity index (χ2v) is 4.80. The Bertz CT molecular complexity index is 795. The van der Waals surface area contributed by atoms with Gasteiger partial charge in [0.1, 0.15) is 5.76 Å². The third kappa shape index (κ3) is 2.26. The van der Waals surface area contributed by atoms with Crippen LogP contribution < -0.4 is 5.32 Å². The van der Waals surface area contributed by atoms with E-state index >= 15 is 0 Å². The number of nitrogens with zero attached hydrogens (tertiary/aromatic N) is 1. The van der Waals surface area contributed by atoms with Gasteiger partial charge in [-0.3, -0.25) is 9.78 Å². The Kier molecular flexibility index (Phi) is 3.16. The number of anilines is 1. The zero-order chi connectivity index (χ0) is 14.1. The summed E-state index contributed by atoms with van der Waals surface area (Å²) in [5.74, 6) is 0.377. The molecule has 3 rings (SSSR count). The summed E-state index contributed by atoms with van der Waals surface area (Å²) in [5, 5.41) is 4.32. The predicted octanol–water partition coefficient (Wildman–Crippen LogP) is 4.04. The number of nitrogens with one attached hydrogen (secondary N) is 1. The summed E-state index contributed by atoms with van der Waals surface area (Å²) in [6.07, 6.45) is 3.13. The van der Waals surface area contributed by atoms with Crippen molar-refractivity contribution in [3.63, 3.8) is 0 Å². The van der Waals surface area contributed by atoms with Gasteiger partial charge in [-0.05, 0) is 37.3 Å². The lowest BCUT2D eigenvalue weighted by Crippen LogP contribution is -2.12. The van der Waals surface area contributed by atoms with Gasteiger partial charge < -0.3 is 9.73 Å². The fraction of sp³-hybridized carbons (Fsp3) is 0.0667. The number of carbonyl (C=O) groups excluding carboxylic acids is 1. The highest BCUT2D eigenvalue weighted by Gasteiger charge is 2.13. The molecule has 0 bridgehead atoms. The van der Waals surface area contributed by atoms with E-state index in [1.807, 2.05) is 6.07 Å². The number of rotatable bonds is 2. The molecule has 0 radical (unpaired) electrons. The number of hydrogen-bond acceptors (Lipinski definition) is 3. The number of fused-ring (bicyclic) bond motifs is 1. The molecular formula is C15H11ClN2O2. The number of benzene rings is 1. The fourth-order valence-electron chi connectivity index (χ4n) is 2.04. The molecule has 3 aromatic rings. The lowest BCUT2D eigenvalue weighted by molar-refractivity contribution is 0.102. The molecule has 1 aromatic carbocycles. The van der Waals surface area contributed by atoms with Crippen molar-refractivity contribution in [2.45, 2.75) is 6.92 Å². The molecule has 0 aliphatic heterocycles. The minimum Gasteiger partial charge on any atom is -0.469 e. The van der Waals surface area contributed by atoms with Crippen LogP contribution in [-0.2, 0) is 0 Å². The van der Waals surface area contributed by atoms with Crippen molar-refractivity contribution in [3.05, 3.63) is 59.1 Å². The van der Waals surface area contributed by atoms with Crippen molar-refractivity contribution in [3.8, 4) is 0 Å². The van der Waals surface area contributed by atoms with Gasteiger partial charge in [0.15, 0.2) is 0 Å². The molecule has 0 aliphatic rings. The largest absolute Gasteiger partial charge is 0.469 e. The minimum absolute atomic E-state index is 0.210. The van der Waals surface area contributed by atoms with E-state index in [1.165, 1.54) is 6.26 Å². The van der Waals surface area contributed by atoms with Gasteiger partial charge in [0.05, 0.1) is 23.0 Å². The van der Waals surface area contributed by atoms with Crippen LogP contribution in [0.4, 0.5) is 5.69 Å². The SMILES string of the molecule is Cc1occc1C(=O)Nc1ccnc2cc(Cl)ccc12. The summed E-state index contributed by atoms with van der Waals surface area (Å²) >= 11 is 5.94. The van der Waals surface area contributed by atoms with Crippen molar-refractivity contribution in [1.82, 2.24) is 4.98 Å². The van der Waals surface area contributed by atoms with Gasteiger partial charge in [-0.25, -0.2) is 0 Å². The van der Waals surface area contributed by atoms with Crippen LogP contribution in [0.5, 0.6) is 0 Å². The first-order valence-electron chi connectivity index (χ1n) is 6.05. The second kappa shape index (κ2) is 4.98. The predicted molar refractivity (Wildman–Crippen MR) is 78.2 cm³/mol. The number of furan rings is 1. The topological polar surface area (TPSA) is 55.1 Å². The van der Waals surface area contributed by atoms with Crippen molar-refractivity contribution < 1.29 is 9.21 Å². The first-order valence-corrected chi connectivity index (χ1v) is 6.42. The highest BCUT2D eigenvalue weighted by atomic mass is 35.5. The second-order valence-electron chi connectivity index (χ2n) is 4.36. The molecule has 1 N–H and O–H groups in total. The van der Waals surface area contributed by atoms with Crippen LogP contribution in [0.3, 0.4) is 0 Å². The molecule has 2 aromatic heterocycles. The Morgan fingerprint density at radius 1 is 1.30 bits per heavy atom. The summed E-state index contributed by atoms with van der Waals surface area (Å²) in [5.41, 5.74) is 1.94. The van der Waals surface area contributed by atoms with E-state index in [9.17, 15) is 4.79 Å². The van der Waals surface area contributed by atoms with E-state index in [4.69, 9.17) is 16.0 Å².